The number of amides is 1. The highest BCUT2D eigenvalue weighted by molar-refractivity contribution is 7.12. The summed E-state index contributed by atoms with van der Waals surface area (Å²) in [5, 5.41) is 13.7. The topological polar surface area (TPSA) is 79.5 Å². The minimum Gasteiger partial charge on any atom is -0.395 e. The number of likely N-dealkylation sites (N-methyl/N-ethyl adjacent to an activating group) is 1. The molecule has 0 aliphatic rings. The van der Waals surface area contributed by atoms with Crippen LogP contribution in [-0.2, 0) is 0 Å². The number of thiophene rings is 1. The van der Waals surface area contributed by atoms with Crippen LogP contribution in [0.3, 0.4) is 0 Å². The van der Waals surface area contributed by atoms with Crippen LogP contribution in [0.2, 0.25) is 0 Å². The molecule has 0 atom stereocenters. The highest BCUT2D eigenvalue weighted by atomic mass is 32.1. The van der Waals surface area contributed by atoms with Crippen LogP contribution in [0.25, 0.3) is 22.4 Å². The summed E-state index contributed by atoms with van der Waals surface area (Å²) >= 11 is 1.69. The van der Waals surface area contributed by atoms with Crippen LogP contribution in [0.4, 0.5) is 0 Å². The van der Waals surface area contributed by atoms with E-state index in [4.69, 9.17) is 9.63 Å². The number of carbonyl (C=O) groups excluding carboxylic acids is 1. The van der Waals surface area contributed by atoms with Gasteiger partial charge in [0.2, 0.25) is 0 Å². The summed E-state index contributed by atoms with van der Waals surface area (Å²) in [5.41, 5.74) is 3.17. The van der Waals surface area contributed by atoms with Crippen molar-refractivity contribution in [3.05, 3.63) is 33.1 Å². The molecule has 0 unspecified atom stereocenters. The van der Waals surface area contributed by atoms with E-state index in [0.29, 0.717) is 28.1 Å². The summed E-state index contributed by atoms with van der Waals surface area (Å²) in [7, 11) is 1.66. The molecule has 0 fully saturated rings. The molecule has 126 valence electrons. The van der Waals surface area contributed by atoms with Gasteiger partial charge in [0.25, 0.3) is 11.6 Å². The Labute approximate surface area is 143 Å². The van der Waals surface area contributed by atoms with Gasteiger partial charge in [-0.2, -0.15) is 0 Å². The lowest BCUT2D eigenvalue weighted by atomic mass is 10.0. The summed E-state index contributed by atoms with van der Waals surface area (Å²) in [5.74, 6) is -0.186. The first-order valence-corrected chi connectivity index (χ1v) is 8.44. The van der Waals surface area contributed by atoms with Crippen LogP contribution in [-0.4, -0.2) is 46.3 Å². The van der Waals surface area contributed by atoms with Crippen molar-refractivity contribution in [2.75, 3.05) is 20.2 Å². The number of aromatic nitrogens is 2. The second-order valence-corrected chi connectivity index (χ2v) is 7.24. The van der Waals surface area contributed by atoms with E-state index >= 15 is 0 Å². The number of carbonyl (C=O) groups is 1. The van der Waals surface area contributed by atoms with Gasteiger partial charge in [-0.05, 0) is 32.9 Å². The molecule has 3 aromatic rings. The van der Waals surface area contributed by atoms with Crippen molar-refractivity contribution in [1.82, 2.24) is 15.0 Å². The van der Waals surface area contributed by atoms with Crippen molar-refractivity contribution in [3.63, 3.8) is 0 Å². The molecule has 3 rings (SSSR count). The van der Waals surface area contributed by atoms with Gasteiger partial charge < -0.3 is 14.5 Å². The van der Waals surface area contributed by atoms with Gasteiger partial charge in [0.15, 0.2) is 0 Å². The number of hydrogen-bond donors (Lipinski definition) is 1. The average Bonchev–Trinajstić information content (AvgIpc) is 3.08. The van der Waals surface area contributed by atoms with E-state index in [9.17, 15) is 4.79 Å². The van der Waals surface area contributed by atoms with E-state index < -0.39 is 0 Å². The highest BCUT2D eigenvalue weighted by Crippen LogP contribution is 2.33. The maximum absolute atomic E-state index is 12.8. The molecular weight excluding hydrogens is 326 g/mol. The monoisotopic (exact) mass is 345 g/mol. The third kappa shape index (κ3) is 2.81. The standard InChI is InChI=1S/C17H19N3O3S/c1-9-7-12(11(3)24-9)14-8-13(17(22)20(4)5-6-21)15-10(2)19-23-16(15)18-14/h7-8,21H,5-6H2,1-4H3. The molecule has 6 nitrogen and oxygen atoms in total. The second-order valence-electron chi connectivity index (χ2n) is 5.78. The van der Waals surface area contributed by atoms with Gasteiger partial charge in [0.1, 0.15) is 0 Å². The van der Waals surface area contributed by atoms with Gasteiger partial charge in [-0.25, -0.2) is 4.98 Å². The van der Waals surface area contributed by atoms with Crippen LogP contribution in [0, 0.1) is 20.8 Å². The lowest BCUT2D eigenvalue weighted by Gasteiger charge is -2.16. The van der Waals surface area contributed by atoms with E-state index in [0.717, 1.165) is 10.4 Å². The molecule has 3 heterocycles. The van der Waals surface area contributed by atoms with Crippen molar-refractivity contribution in [3.8, 4) is 11.3 Å². The lowest BCUT2D eigenvalue weighted by molar-refractivity contribution is 0.0769. The number of aryl methyl sites for hydroxylation is 3. The Morgan fingerprint density at radius 3 is 2.71 bits per heavy atom. The SMILES string of the molecule is Cc1cc(-c2cc(C(=O)N(C)CCO)c3c(C)noc3n2)c(C)s1. The fourth-order valence-electron chi connectivity index (χ4n) is 2.74. The fraction of sp³-hybridized carbons (Fsp3) is 0.353. The molecule has 3 aromatic heterocycles. The number of fused-ring (bicyclic) bond motifs is 1. The van der Waals surface area contributed by atoms with E-state index in [1.165, 1.54) is 9.78 Å². The zero-order chi connectivity index (χ0) is 17.4. The molecule has 7 heteroatoms. The molecule has 1 amide bonds. The van der Waals surface area contributed by atoms with Crippen LogP contribution in [0.1, 0.15) is 25.8 Å². The number of aliphatic hydroxyl groups is 1. The molecule has 0 aromatic carbocycles. The number of rotatable bonds is 4. The first kappa shape index (κ1) is 16.6. The van der Waals surface area contributed by atoms with Crippen LogP contribution >= 0.6 is 11.3 Å². The van der Waals surface area contributed by atoms with Gasteiger partial charge in [-0.1, -0.05) is 5.16 Å². The van der Waals surface area contributed by atoms with E-state index in [2.05, 4.69) is 16.2 Å². The van der Waals surface area contributed by atoms with Gasteiger partial charge in [0, 0.05) is 28.9 Å². The predicted molar refractivity (Wildman–Crippen MR) is 93.4 cm³/mol. The molecule has 0 bridgehead atoms. The molecule has 24 heavy (non-hydrogen) atoms. The Hall–Kier alpha value is -2.25. The summed E-state index contributed by atoms with van der Waals surface area (Å²) in [6.45, 7) is 6.03. The molecule has 0 aliphatic heterocycles. The smallest absolute Gasteiger partial charge is 0.259 e. The predicted octanol–water partition coefficient (Wildman–Crippen LogP) is 2.94. The molecule has 0 saturated carbocycles. The van der Waals surface area contributed by atoms with Crippen molar-refractivity contribution in [1.29, 1.82) is 0 Å². The minimum atomic E-state index is -0.186. The zero-order valence-corrected chi connectivity index (χ0v) is 14.9. The zero-order valence-electron chi connectivity index (χ0n) is 14.1. The summed E-state index contributed by atoms with van der Waals surface area (Å²) < 4.78 is 5.31. The summed E-state index contributed by atoms with van der Waals surface area (Å²) in [6, 6.07) is 3.85. The quantitative estimate of drug-likeness (QED) is 0.786. The van der Waals surface area contributed by atoms with Gasteiger partial charge in [0.05, 0.1) is 28.9 Å². The van der Waals surface area contributed by atoms with E-state index in [-0.39, 0.29) is 19.1 Å². The number of pyridine rings is 1. The van der Waals surface area contributed by atoms with Crippen LogP contribution in [0.5, 0.6) is 0 Å². The van der Waals surface area contributed by atoms with Crippen molar-refractivity contribution < 1.29 is 14.4 Å². The normalized spacial score (nSPS) is 11.2. The number of hydrogen-bond acceptors (Lipinski definition) is 6. The Balaban J connectivity index is 2.21. The van der Waals surface area contributed by atoms with Crippen LogP contribution in [0.15, 0.2) is 16.7 Å². The fourth-order valence-corrected chi connectivity index (χ4v) is 3.68. The maximum atomic E-state index is 12.8. The van der Waals surface area contributed by atoms with Crippen molar-refractivity contribution >= 4 is 28.3 Å². The number of aliphatic hydroxyl groups excluding tert-OH is 1. The largest absolute Gasteiger partial charge is 0.395 e. The minimum absolute atomic E-state index is 0.0885. The Morgan fingerprint density at radius 2 is 2.08 bits per heavy atom. The second kappa shape index (κ2) is 6.33. The van der Waals surface area contributed by atoms with E-state index in [1.807, 2.05) is 13.8 Å². The average molecular weight is 345 g/mol. The van der Waals surface area contributed by atoms with Gasteiger partial charge in [-0.15, -0.1) is 11.3 Å². The lowest BCUT2D eigenvalue weighted by Crippen LogP contribution is -2.29. The molecular formula is C17H19N3O3S. The molecule has 0 radical (unpaired) electrons. The summed E-state index contributed by atoms with van der Waals surface area (Å²) in [4.78, 5) is 21.1. The molecule has 1 N–H and O–H groups in total. The first-order valence-electron chi connectivity index (χ1n) is 7.63. The van der Waals surface area contributed by atoms with Crippen LogP contribution < -0.4 is 0 Å². The highest BCUT2D eigenvalue weighted by Gasteiger charge is 2.22. The third-order valence-corrected chi connectivity index (χ3v) is 4.91. The van der Waals surface area contributed by atoms with E-state index in [1.54, 1.807) is 31.4 Å². The summed E-state index contributed by atoms with van der Waals surface area (Å²) in [6.07, 6.45) is 0. The Morgan fingerprint density at radius 1 is 1.33 bits per heavy atom. The van der Waals surface area contributed by atoms with Crippen molar-refractivity contribution in [2.24, 2.45) is 0 Å². The van der Waals surface area contributed by atoms with Gasteiger partial charge in [-0.3, -0.25) is 4.79 Å². The van der Waals surface area contributed by atoms with Crippen molar-refractivity contribution in [2.45, 2.75) is 20.8 Å². The number of nitrogens with zero attached hydrogens (tertiary/aromatic N) is 3. The Kier molecular flexibility index (Phi) is 4.38. The molecule has 0 aliphatic carbocycles. The Bertz CT molecular complexity index is 913. The third-order valence-electron chi connectivity index (χ3n) is 3.95. The van der Waals surface area contributed by atoms with Gasteiger partial charge >= 0.3 is 0 Å². The maximum Gasteiger partial charge on any atom is 0.259 e. The molecule has 0 spiro atoms. The first-order chi connectivity index (χ1) is 11.4. The molecule has 0 saturated heterocycles.